The van der Waals surface area contributed by atoms with Crippen molar-refractivity contribution in [2.75, 3.05) is 7.05 Å². The summed E-state index contributed by atoms with van der Waals surface area (Å²) in [5, 5.41) is 12.0. The maximum absolute atomic E-state index is 11.0. The molecule has 0 heterocycles. The summed E-state index contributed by atoms with van der Waals surface area (Å²) in [5.41, 5.74) is 1.99. The van der Waals surface area contributed by atoms with Crippen LogP contribution in [0.1, 0.15) is 18.9 Å². The second-order valence-corrected chi connectivity index (χ2v) is 3.13. The van der Waals surface area contributed by atoms with E-state index in [1.807, 2.05) is 37.3 Å². The standard InChI is InChI=1S/C12H15NO2/c1-3-10(12(14)15)11(13-2)9-7-5-4-6-8-9/h4-8,13H,3H2,1-2H3,(H,14,15)/b11-10+. The zero-order valence-electron chi connectivity index (χ0n) is 8.95. The van der Waals surface area contributed by atoms with E-state index in [9.17, 15) is 4.79 Å². The van der Waals surface area contributed by atoms with Crippen LogP contribution in [-0.4, -0.2) is 18.1 Å². The number of carbonyl (C=O) groups is 1. The molecule has 3 heteroatoms. The van der Waals surface area contributed by atoms with E-state index in [2.05, 4.69) is 5.32 Å². The molecular formula is C12H15NO2. The van der Waals surface area contributed by atoms with Gasteiger partial charge in [-0.2, -0.15) is 0 Å². The third-order valence-corrected chi connectivity index (χ3v) is 2.23. The first-order chi connectivity index (χ1) is 7.20. The lowest BCUT2D eigenvalue weighted by molar-refractivity contribution is -0.132. The third kappa shape index (κ3) is 2.59. The van der Waals surface area contributed by atoms with E-state index in [0.29, 0.717) is 17.7 Å². The van der Waals surface area contributed by atoms with Crippen LogP contribution in [0.15, 0.2) is 35.9 Å². The minimum Gasteiger partial charge on any atom is -0.478 e. The van der Waals surface area contributed by atoms with E-state index in [0.717, 1.165) is 5.56 Å². The molecule has 0 aliphatic carbocycles. The number of rotatable bonds is 4. The molecule has 15 heavy (non-hydrogen) atoms. The summed E-state index contributed by atoms with van der Waals surface area (Å²) in [6, 6.07) is 9.47. The fourth-order valence-corrected chi connectivity index (χ4v) is 1.51. The van der Waals surface area contributed by atoms with Crippen LogP contribution in [0.2, 0.25) is 0 Å². The Morgan fingerprint density at radius 2 is 1.93 bits per heavy atom. The molecule has 2 N–H and O–H groups in total. The van der Waals surface area contributed by atoms with Gasteiger partial charge in [0.1, 0.15) is 0 Å². The lowest BCUT2D eigenvalue weighted by atomic mass is 10.0. The van der Waals surface area contributed by atoms with Gasteiger partial charge < -0.3 is 10.4 Å². The molecule has 0 atom stereocenters. The van der Waals surface area contributed by atoms with Crippen LogP contribution < -0.4 is 5.32 Å². The SMILES string of the molecule is CC/C(C(=O)O)=C(\NC)c1ccccc1. The Balaban J connectivity index is 3.23. The maximum atomic E-state index is 11.0. The highest BCUT2D eigenvalue weighted by atomic mass is 16.4. The fourth-order valence-electron chi connectivity index (χ4n) is 1.51. The molecule has 0 saturated carbocycles. The predicted octanol–water partition coefficient (Wildman–Crippen LogP) is 2.11. The van der Waals surface area contributed by atoms with Crippen LogP contribution in [0.3, 0.4) is 0 Å². The molecule has 0 spiro atoms. The Labute approximate surface area is 89.4 Å². The van der Waals surface area contributed by atoms with E-state index in [1.165, 1.54) is 0 Å². The Morgan fingerprint density at radius 3 is 2.33 bits per heavy atom. The fraction of sp³-hybridized carbons (Fsp3) is 0.250. The zero-order valence-corrected chi connectivity index (χ0v) is 8.95. The van der Waals surface area contributed by atoms with E-state index >= 15 is 0 Å². The summed E-state index contributed by atoms with van der Waals surface area (Å²) in [6.45, 7) is 1.84. The summed E-state index contributed by atoms with van der Waals surface area (Å²) in [4.78, 5) is 11.0. The van der Waals surface area contributed by atoms with Crippen LogP contribution in [0.5, 0.6) is 0 Å². The molecule has 0 aliphatic rings. The zero-order chi connectivity index (χ0) is 11.3. The Hall–Kier alpha value is -1.77. The molecule has 1 aromatic carbocycles. The van der Waals surface area contributed by atoms with Crippen molar-refractivity contribution < 1.29 is 9.90 Å². The topological polar surface area (TPSA) is 49.3 Å². The molecule has 0 fully saturated rings. The van der Waals surface area contributed by atoms with Gasteiger partial charge in [-0.1, -0.05) is 37.3 Å². The predicted molar refractivity (Wildman–Crippen MR) is 60.3 cm³/mol. The molecule has 0 radical (unpaired) electrons. The summed E-state index contributed by atoms with van der Waals surface area (Å²) in [5.74, 6) is -0.870. The van der Waals surface area contributed by atoms with Gasteiger partial charge in [0.25, 0.3) is 0 Å². The van der Waals surface area contributed by atoms with Gasteiger partial charge in [0.2, 0.25) is 0 Å². The van der Waals surface area contributed by atoms with E-state index in [4.69, 9.17) is 5.11 Å². The van der Waals surface area contributed by atoms with Gasteiger partial charge in [-0.3, -0.25) is 0 Å². The number of carboxylic acid groups (broad SMARTS) is 1. The molecule has 0 aromatic heterocycles. The molecule has 0 saturated heterocycles. The van der Waals surface area contributed by atoms with Gasteiger partial charge in [0.15, 0.2) is 0 Å². The van der Waals surface area contributed by atoms with Crippen molar-refractivity contribution in [3.05, 3.63) is 41.5 Å². The minimum absolute atomic E-state index is 0.406. The van der Waals surface area contributed by atoms with Crippen molar-refractivity contribution in [1.82, 2.24) is 5.32 Å². The van der Waals surface area contributed by atoms with Crippen LogP contribution in [0.4, 0.5) is 0 Å². The van der Waals surface area contributed by atoms with Gasteiger partial charge in [-0.15, -0.1) is 0 Å². The molecule has 3 nitrogen and oxygen atoms in total. The van der Waals surface area contributed by atoms with Crippen LogP contribution in [0.25, 0.3) is 5.70 Å². The normalized spacial score (nSPS) is 11.9. The molecule has 0 bridgehead atoms. The van der Waals surface area contributed by atoms with Gasteiger partial charge in [0, 0.05) is 7.05 Å². The van der Waals surface area contributed by atoms with E-state index in [1.54, 1.807) is 7.05 Å². The average Bonchev–Trinajstić information content (AvgIpc) is 2.26. The van der Waals surface area contributed by atoms with Crippen molar-refractivity contribution in [3.63, 3.8) is 0 Å². The smallest absolute Gasteiger partial charge is 0.333 e. The van der Waals surface area contributed by atoms with Crippen LogP contribution >= 0.6 is 0 Å². The van der Waals surface area contributed by atoms with Crippen LogP contribution in [0, 0.1) is 0 Å². The Bertz CT molecular complexity index is 368. The largest absolute Gasteiger partial charge is 0.478 e. The quantitative estimate of drug-likeness (QED) is 0.740. The van der Waals surface area contributed by atoms with Crippen LogP contribution in [-0.2, 0) is 4.79 Å². The summed E-state index contributed by atoms with van der Waals surface area (Å²) in [6.07, 6.45) is 0.500. The lowest BCUT2D eigenvalue weighted by Gasteiger charge is -2.10. The van der Waals surface area contributed by atoms with Gasteiger partial charge in [0.05, 0.1) is 11.3 Å². The number of nitrogens with one attached hydrogen (secondary N) is 1. The van der Waals surface area contributed by atoms with Gasteiger partial charge in [-0.25, -0.2) is 4.79 Å². The first kappa shape index (κ1) is 11.3. The molecule has 1 aromatic rings. The highest BCUT2D eigenvalue weighted by molar-refractivity contribution is 5.95. The van der Waals surface area contributed by atoms with Crippen molar-refractivity contribution in [3.8, 4) is 0 Å². The number of hydrogen-bond acceptors (Lipinski definition) is 2. The highest BCUT2D eigenvalue weighted by Crippen LogP contribution is 2.17. The Kier molecular flexibility index (Phi) is 3.92. The molecule has 0 aliphatic heterocycles. The molecular weight excluding hydrogens is 190 g/mol. The number of benzene rings is 1. The second kappa shape index (κ2) is 5.20. The lowest BCUT2D eigenvalue weighted by Crippen LogP contribution is -2.13. The monoisotopic (exact) mass is 205 g/mol. The van der Waals surface area contributed by atoms with Crippen molar-refractivity contribution >= 4 is 11.7 Å². The van der Waals surface area contributed by atoms with Gasteiger partial charge in [-0.05, 0) is 12.0 Å². The summed E-state index contributed by atoms with van der Waals surface area (Å²) >= 11 is 0. The summed E-state index contributed by atoms with van der Waals surface area (Å²) < 4.78 is 0. The first-order valence-corrected chi connectivity index (χ1v) is 4.90. The molecule has 1 rings (SSSR count). The van der Waals surface area contributed by atoms with E-state index in [-0.39, 0.29) is 0 Å². The summed E-state index contributed by atoms with van der Waals surface area (Å²) in [7, 11) is 1.74. The van der Waals surface area contributed by atoms with Crippen molar-refractivity contribution in [1.29, 1.82) is 0 Å². The third-order valence-electron chi connectivity index (χ3n) is 2.23. The molecule has 0 unspecified atom stereocenters. The number of hydrogen-bond donors (Lipinski definition) is 2. The number of carboxylic acids is 1. The van der Waals surface area contributed by atoms with Crippen molar-refractivity contribution in [2.24, 2.45) is 0 Å². The molecule has 0 amide bonds. The van der Waals surface area contributed by atoms with Gasteiger partial charge >= 0.3 is 5.97 Å². The molecule has 80 valence electrons. The maximum Gasteiger partial charge on any atom is 0.333 e. The second-order valence-electron chi connectivity index (χ2n) is 3.13. The highest BCUT2D eigenvalue weighted by Gasteiger charge is 2.12. The number of aliphatic carboxylic acids is 1. The minimum atomic E-state index is -0.870. The first-order valence-electron chi connectivity index (χ1n) is 4.90. The average molecular weight is 205 g/mol. The Morgan fingerprint density at radius 1 is 1.33 bits per heavy atom. The van der Waals surface area contributed by atoms with E-state index < -0.39 is 5.97 Å². The van der Waals surface area contributed by atoms with Crippen molar-refractivity contribution in [2.45, 2.75) is 13.3 Å².